The molecule has 6 unspecified atom stereocenters. The number of rotatable bonds is 8. The summed E-state index contributed by atoms with van der Waals surface area (Å²) in [4.78, 5) is 0. The lowest BCUT2D eigenvalue weighted by Crippen LogP contribution is -2.66. The molecule has 0 amide bonds. The van der Waals surface area contributed by atoms with E-state index in [-0.39, 0.29) is 0 Å². The first-order chi connectivity index (χ1) is 18.6. The van der Waals surface area contributed by atoms with E-state index in [2.05, 4.69) is 87.2 Å². The molecule has 0 heterocycles. The molecule has 4 fully saturated rings. The normalized spacial score (nSPS) is 33.5. The highest BCUT2D eigenvalue weighted by Gasteiger charge is 2.63. The van der Waals surface area contributed by atoms with Gasteiger partial charge in [0, 0.05) is 0 Å². The molecule has 0 saturated heterocycles. The van der Waals surface area contributed by atoms with Crippen molar-refractivity contribution in [2.45, 2.75) is 108 Å². The summed E-state index contributed by atoms with van der Waals surface area (Å²) in [5, 5.41) is 3.56. The average molecular weight is 525 g/mol. The van der Waals surface area contributed by atoms with Gasteiger partial charge in [-0.15, -0.1) is 6.58 Å². The van der Waals surface area contributed by atoms with Gasteiger partial charge in [-0.2, -0.15) is 0 Å². The molecule has 0 aliphatic heterocycles. The minimum atomic E-state index is -2.07. The largest absolute Gasteiger partial charge is 0.124 e. The number of hydrogen-bond acceptors (Lipinski definition) is 0. The zero-order valence-electron chi connectivity index (χ0n) is 24.3. The van der Waals surface area contributed by atoms with Gasteiger partial charge in [-0.1, -0.05) is 136 Å². The number of hydrogen-bond donors (Lipinski definition) is 0. The molecule has 6 atom stereocenters. The van der Waals surface area contributed by atoms with Crippen molar-refractivity contribution in [3.8, 4) is 0 Å². The second kappa shape index (κ2) is 11.1. The summed E-state index contributed by atoms with van der Waals surface area (Å²) in [6.07, 6.45) is 20.9. The fraction of sp³-hybridized carbons (Fsp3) is 0.622. The van der Waals surface area contributed by atoms with Crippen molar-refractivity contribution in [1.29, 1.82) is 0 Å². The van der Waals surface area contributed by atoms with Gasteiger partial charge < -0.3 is 0 Å². The van der Waals surface area contributed by atoms with E-state index in [9.17, 15) is 0 Å². The van der Waals surface area contributed by atoms with Gasteiger partial charge in [0.25, 0.3) is 0 Å². The van der Waals surface area contributed by atoms with E-state index in [0.29, 0.717) is 5.41 Å². The molecule has 1 heteroatoms. The van der Waals surface area contributed by atoms with Crippen LogP contribution in [0.2, 0.25) is 11.1 Å². The molecule has 38 heavy (non-hydrogen) atoms. The van der Waals surface area contributed by atoms with Gasteiger partial charge in [0.05, 0.1) is 0 Å². The molecule has 6 rings (SSSR count). The van der Waals surface area contributed by atoms with Gasteiger partial charge in [0.1, 0.15) is 8.07 Å². The van der Waals surface area contributed by atoms with Crippen molar-refractivity contribution in [2.24, 2.45) is 35.0 Å². The Kier molecular flexibility index (Phi) is 7.78. The Bertz CT molecular complexity index is 993. The summed E-state index contributed by atoms with van der Waals surface area (Å²) in [6, 6.07) is 24.5. The van der Waals surface area contributed by atoms with Gasteiger partial charge in [0.15, 0.2) is 0 Å². The van der Waals surface area contributed by atoms with Gasteiger partial charge in [-0.05, 0) is 84.6 Å². The molecule has 4 saturated carbocycles. The van der Waals surface area contributed by atoms with Gasteiger partial charge >= 0.3 is 0 Å². The molecule has 0 aromatic heterocycles. The van der Waals surface area contributed by atoms with Crippen molar-refractivity contribution in [1.82, 2.24) is 0 Å². The van der Waals surface area contributed by atoms with Crippen molar-refractivity contribution in [3.63, 3.8) is 0 Å². The average Bonchev–Trinajstić information content (AvgIpc) is 3.59. The van der Waals surface area contributed by atoms with E-state index in [4.69, 9.17) is 0 Å². The Morgan fingerprint density at radius 3 is 1.71 bits per heavy atom. The van der Waals surface area contributed by atoms with E-state index in [0.717, 1.165) is 47.1 Å². The van der Waals surface area contributed by atoms with Crippen LogP contribution in [0, 0.1) is 35.0 Å². The number of allylic oxidation sites excluding steroid dienone is 1. The first-order valence-electron chi connectivity index (χ1n) is 16.3. The first-order valence-corrected chi connectivity index (χ1v) is 18.4. The van der Waals surface area contributed by atoms with E-state index in [1.807, 2.05) is 0 Å². The molecule has 0 spiro atoms. The Morgan fingerprint density at radius 1 is 0.711 bits per heavy atom. The quantitative estimate of drug-likeness (QED) is 0.238. The third-order valence-electron chi connectivity index (χ3n) is 12.4. The molecule has 2 aromatic rings. The molecule has 2 aromatic carbocycles. The SMILES string of the molecule is C=CCCC(C)(C)C1CCC([Si](c2ccccc2)(c2ccccc2)C2C3CCCCC3C3CCCCC32)C1. The molecule has 0 radical (unpaired) electrons. The summed E-state index contributed by atoms with van der Waals surface area (Å²) in [7, 11) is -2.07. The zero-order chi connectivity index (χ0) is 26.2. The maximum absolute atomic E-state index is 4.06. The predicted molar refractivity (Wildman–Crippen MR) is 167 cm³/mol. The third kappa shape index (κ3) is 4.49. The van der Waals surface area contributed by atoms with E-state index < -0.39 is 8.07 Å². The van der Waals surface area contributed by atoms with Crippen LogP contribution in [0.1, 0.15) is 97.3 Å². The number of fused-ring (bicyclic) bond motifs is 3. The molecular formula is C37H52Si. The van der Waals surface area contributed by atoms with Crippen molar-refractivity contribution in [3.05, 3.63) is 73.3 Å². The lowest BCUT2D eigenvalue weighted by molar-refractivity contribution is 0.184. The number of benzene rings is 2. The molecule has 0 nitrogen and oxygen atoms in total. The Hall–Kier alpha value is -1.60. The van der Waals surface area contributed by atoms with Crippen LogP contribution in [-0.4, -0.2) is 8.07 Å². The van der Waals surface area contributed by atoms with E-state index in [1.54, 1.807) is 10.4 Å². The second-order valence-corrected chi connectivity index (χ2v) is 18.7. The van der Waals surface area contributed by atoms with Gasteiger partial charge in [-0.3, -0.25) is 0 Å². The molecule has 4 aliphatic rings. The highest BCUT2D eigenvalue weighted by molar-refractivity contribution is 7.04. The maximum Gasteiger partial charge on any atom is 0.124 e. The molecule has 4 aliphatic carbocycles. The van der Waals surface area contributed by atoms with Crippen LogP contribution in [0.15, 0.2) is 73.3 Å². The molecular weight excluding hydrogens is 472 g/mol. The minimum absolute atomic E-state index is 0.410. The third-order valence-corrected chi connectivity index (χ3v) is 18.7. The van der Waals surface area contributed by atoms with Crippen LogP contribution in [0.5, 0.6) is 0 Å². The predicted octanol–water partition coefficient (Wildman–Crippen LogP) is 9.41. The highest BCUT2D eigenvalue weighted by Crippen LogP contribution is 2.66. The van der Waals surface area contributed by atoms with Crippen LogP contribution in [-0.2, 0) is 0 Å². The Morgan fingerprint density at radius 2 is 1.21 bits per heavy atom. The van der Waals surface area contributed by atoms with Gasteiger partial charge in [-0.25, -0.2) is 0 Å². The van der Waals surface area contributed by atoms with Crippen molar-refractivity contribution in [2.75, 3.05) is 0 Å². The summed E-state index contributed by atoms with van der Waals surface area (Å²) in [5.74, 6) is 4.81. The van der Waals surface area contributed by atoms with Crippen LogP contribution in [0.4, 0.5) is 0 Å². The lowest BCUT2D eigenvalue weighted by Gasteiger charge is -2.49. The second-order valence-electron chi connectivity index (χ2n) is 14.4. The van der Waals surface area contributed by atoms with Crippen LogP contribution < -0.4 is 10.4 Å². The standard InChI is InChI=1S/C37H52Si/c1-4-5-26-37(2,3)28-24-25-31(27-28)38(29-16-8-6-9-17-29,30-18-10-7-11-19-30)36-34-22-14-12-20-32(34)33-21-13-15-23-35(33)36/h4,6-11,16-19,28,31-36H,1,5,12-15,20-27H2,2-3H3. The topological polar surface area (TPSA) is 0 Å². The monoisotopic (exact) mass is 524 g/mol. The van der Waals surface area contributed by atoms with Gasteiger partial charge in [0.2, 0.25) is 0 Å². The van der Waals surface area contributed by atoms with Crippen molar-refractivity contribution >= 4 is 18.4 Å². The summed E-state index contributed by atoms with van der Waals surface area (Å²) in [6.45, 7) is 9.20. The van der Waals surface area contributed by atoms with Crippen molar-refractivity contribution < 1.29 is 0 Å². The Balaban J connectivity index is 1.51. The van der Waals surface area contributed by atoms with Crippen LogP contribution in [0.3, 0.4) is 0 Å². The fourth-order valence-electron chi connectivity index (χ4n) is 10.8. The fourth-order valence-corrected chi connectivity index (χ4v) is 18.4. The molecule has 0 bridgehead atoms. The maximum atomic E-state index is 4.06. The van der Waals surface area contributed by atoms with E-state index >= 15 is 0 Å². The van der Waals surface area contributed by atoms with E-state index in [1.165, 1.54) is 77.0 Å². The molecule has 0 N–H and O–H groups in total. The lowest BCUT2D eigenvalue weighted by atomic mass is 9.73. The van der Waals surface area contributed by atoms with Crippen LogP contribution in [0.25, 0.3) is 0 Å². The minimum Gasteiger partial charge on any atom is -0.103 e. The van der Waals surface area contributed by atoms with Crippen LogP contribution >= 0.6 is 0 Å². The smallest absolute Gasteiger partial charge is 0.103 e. The first kappa shape index (κ1) is 26.6. The summed E-state index contributed by atoms with van der Waals surface area (Å²) >= 11 is 0. The molecule has 204 valence electrons. The zero-order valence-corrected chi connectivity index (χ0v) is 25.3. The summed E-state index contributed by atoms with van der Waals surface area (Å²) < 4.78 is 0. The highest BCUT2D eigenvalue weighted by atomic mass is 28.3. The summed E-state index contributed by atoms with van der Waals surface area (Å²) in [5.41, 5.74) is 2.21. The Labute approximate surface area is 234 Å².